The van der Waals surface area contributed by atoms with Crippen LogP contribution in [0.2, 0.25) is 0 Å². The van der Waals surface area contributed by atoms with Gasteiger partial charge in [0, 0.05) is 16.0 Å². The lowest BCUT2D eigenvalue weighted by molar-refractivity contribution is 0.401. The van der Waals surface area contributed by atoms with Gasteiger partial charge < -0.3 is 10.1 Å². The molecule has 4 nitrogen and oxygen atoms in total. The number of nitrogens with zero attached hydrogens (tertiary/aromatic N) is 2. The summed E-state index contributed by atoms with van der Waals surface area (Å²) in [6.45, 7) is 2.93. The number of rotatable bonds is 5. The van der Waals surface area contributed by atoms with Crippen LogP contribution in [0.25, 0.3) is 0 Å². The topological polar surface area (TPSA) is 39.1 Å². The van der Waals surface area contributed by atoms with Gasteiger partial charge in [-0.3, -0.25) is 4.68 Å². The van der Waals surface area contributed by atoms with Gasteiger partial charge in [0.1, 0.15) is 5.69 Å². The van der Waals surface area contributed by atoms with E-state index in [1.165, 1.54) is 0 Å². The maximum Gasteiger partial charge on any atom is 0.161 e. The number of methoxy groups -OCH3 is 1. The van der Waals surface area contributed by atoms with Crippen LogP contribution in [-0.2, 0) is 7.05 Å². The summed E-state index contributed by atoms with van der Waals surface area (Å²) in [5.74, 6) is 0.783. The average Bonchev–Trinajstić information content (AvgIpc) is 2.80. The molecule has 2 rings (SSSR count). The van der Waals surface area contributed by atoms with Crippen molar-refractivity contribution < 1.29 is 4.74 Å². The molecule has 1 N–H and O–H groups in total. The summed E-state index contributed by atoms with van der Waals surface area (Å²) in [6, 6.07) is 6.15. The van der Waals surface area contributed by atoms with E-state index in [1.807, 2.05) is 23.9 Å². The predicted molar refractivity (Wildman–Crippen MR) is 87.1 cm³/mol. The number of hydrogen-bond acceptors (Lipinski definition) is 3. The van der Waals surface area contributed by atoms with Gasteiger partial charge in [0.25, 0.3) is 0 Å². The van der Waals surface area contributed by atoms with Crippen LogP contribution >= 0.6 is 31.9 Å². The zero-order valence-electron chi connectivity index (χ0n) is 11.7. The molecule has 0 aliphatic heterocycles. The predicted octanol–water partition coefficient (Wildman–Crippen LogP) is 3.65. The van der Waals surface area contributed by atoms with Crippen molar-refractivity contribution in [1.29, 1.82) is 0 Å². The number of aryl methyl sites for hydroxylation is 1. The van der Waals surface area contributed by atoms with Gasteiger partial charge in [0.05, 0.1) is 19.3 Å². The van der Waals surface area contributed by atoms with E-state index in [9.17, 15) is 0 Å². The Balaban J connectivity index is 2.56. The molecule has 6 heteroatoms. The number of nitrogens with one attached hydrogen (secondary N) is 1. The SMILES string of the molecule is CCNC(c1cc(Br)ccc1Br)c1c(OC)cnn1C. The Morgan fingerprint density at radius 3 is 2.80 bits per heavy atom. The number of halogens is 2. The van der Waals surface area contributed by atoms with Crippen LogP contribution in [0.4, 0.5) is 0 Å². The second-order valence-corrected chi connectivity index (χ2v) is 6.15. The fourth-order valence-corrected chi connectivity index (χ4v) is 3.06. The Hall–Kier alpha value is -0.850. The highest BCUT2D eigenvalue weighted by molar-refractivity contribution is 9.11. The number of aromatic nitrogens is 2. The monoisotopic (exact) mass is 401 g/mol. The first kappa shape index (κ1) is 15.5. The van der Waals surface area contributed by atoms with Crippen molar-refractivity contribution in [1.82, 2.24) is 15.1 Å². The summed E-state index contributed by atoms with van der Waals surface area (Å²) in [5, 5.41) is 7.79. The highest BCUT2D eigenvalue weighted by Gasteiger charge is 2.23. The highest BCUT2D eigenvalue weighted by atomic mass is 79.9. The Labute approximate surface area is 135 Å². The molecule has 0 fully saturated rings. The Bertz CT molecular complexity index is 598. The number of ether oxygens (including phenoxy) is 1. The first-order chi connectivity index (χ1) is 9.58. The molecule has 0 aliphatic carbocycles. The summed E-state index contributed by atoms with van der Waals surface area (Å²) in [6.07, 6.45) is 1.74. The lowest BCUT2D eigenvalue weighted by Gasteiger charge is -2.21. The van der Waals surface area contributed by atoms with E-state index < -0.39 is 0 Å². The Morgan fingerprint density at radius 2 is 2.15 bits per heavy atom. The van der Waals surface area contributed by atoms with Gasteiger partial charge in [0.15, 0.2) is 5.75 Å². The zero-order valence-corrected chi connectivity index (χ0v) is 14.8. The molecular weight excluding hydrogens is 386 g/mol. The maximum atomic E-state index is 5.43. The van der Waals surface area contributed by atoms with Crippen molar-refractivity contribution in [3.63, 3.8) is 0 Å². The summed E-state index contributed by atoms with van der Waals surface area (Å²) in [5.41, 5.74) is 2.15. The van der Waals surface area contributed by atoms with Crippen LogP contribution in [-0.4, -0.2) is 23.4 Å². The molecule has 0 bridgehead atoms. The van der Waals surface area contributed by atoms with E-state index in [0.717, 1.165) is 32.5 Å². The molecule has 1 heterocycles. The molecule has 0 spiro atoms. The number of benzene rings is 1. The van der Waals surface area contributed by atoms with Gasteiger partial charge in [0.2, 0.25) is 0 Å². The molecule has 0 saturated carbocycles. The average molecular weight is 403 g/mol. The molecule has 0 saturated heterocycles. The molecule has 1 unspecified atom stereocenters. The molecule has 1 aromatic carbocycles. The van der Waals surface area contributed by atoms with Gasteiger partial charge in [-0.15, -0.1) is 0 Å². The largest absolute Gasteiger partial charge is 0.493 e. The van der Waals surface area contributed by atoms with E-state index in [0.29, 0.717) is 0 Å². The fraction of sp³-hybridized carbons (Fsp3) is 0.357. The first-order valence-electron chi connectivity index (χ1n) is 6.32. The van der Waals surface area contributed by atoms with E-state index in [2.05, 4.69) is 55.3 Å². The van der Waals surface area contributed by atoms with Crippen molar-refractivity contribution in [2.75, 3.05) is 13.7 Å². The Morgan fingerprint density at radius 1 is 1.40 bits per heavy atom. The molecule has 0 aliphatic rings. The summed E-state index contributed by atoms with van der Waals surface area (Å²) in [4.78, 5) is 0. The number of hydrogen-bond donors (Lipinski definition) is 1. The van der Waals surface area contributed by atoms with Gasteiger partial charge in [-0.25, -0.2) is 0 Å². The van der Waals surface area contributed by atoms with Crippen molar-refractivity contribution in [2.24, 2.45) is 7.05 Å². The first-order valence-corrected chi connectivity index (χ1v) is 7.91. The lowest BCUT2D eigenvalue weighted by atomic mass is 10.0. The third-order valence-corrected chi connectivity index (χ3v) is 4.34. The van der Waals surface area contributed by atoms with Crippen molar-refractivity contribution in [2.45, 2.75) is 13.0 Å². The van der Waals surface area contributed by atoms with Crippen molar-refractivity contribution in [3.05, 3.63) is 44.6 Å². The molecule has 1 atom stereocenters. The molecule has 0 amide bonds. The third-order valence-electron chi connectivity index (χ3n) is 3.12. The van der Waals surface area contributed by atoms with Gasteiger partial charge in [-0.05, 0) is 30.3 Å². The maximum absolute atomic E-state index is 5.43. The minimum absolute atomic E-state index is 0.00863. The molecule has 2 aromatic rings. The molecular formula is C14H17Br2N3O. The third kappa shape index (κ3) is 3.07. The van der Waals surface area contributed by atoms with Crippen molar-refractivity contribution in [3.8, 4) is 5.75 Å². The van der Waals surface area contributed by atoms with Crippen LogP contribution in [0.1, 0.15) is 24.2 Å². The molecule has 20 heavy (non-hydrogen) atoms. The normalized spacial score (nSPS) is 12.4. The molecule has 1 aromatic heterocycles. The summed E-state index contributed by atoms with van der Waals surface area (Å²) in [7, 11) is 3.59. The quantitative estimate of drug-likeness (QED) is 0.829. The summed E-state index contributed by atoms with van der Waals surface area (Å²) >= 11 is 7.16. The minimum atomic E-state index is 0.00863. The van der Waals surface area contributed by atoms with Gasteiger partial charge in [-0.1, -0.05) is 38.8 Å². The summed E-state index contributed by atoms with van der Waals surface area (Å²) < 4.78 is 9.37. The van der Waals surface area contributed by atoms with E-state index in [4.69, 9.17) is 4.74 Å². The lowest BCUT2D eigenvalue weighted by Crippen LogP contribution is -2.25. The van der Waals surface area contributed by atoms with Crippen LogP contribution in [0, 0.1) is 0 Å². The highest BCUT2D eigenvalue weighted by Crippen LogP contribution is 2.34. The standard InChI is InChI=1S/C14H17Br2N3O/c1-4-17-13(10-7-9(15)5-6-11(10)16)14-12(20-3)8-18-19(14)2/h5-8,13,17H,4H2,1-3H3. The fourth-order valence-electron chi connectivity index (χ4n) is 2.21. The van der Waals surface area contributed by atoms with Crippen LogP contribution in [0.3, 0.4) is 0 Å². The molecule has 0 radical (unpaired) electrons. The molecule has 108 valence electrons. The zero-order chi connectivity index (χ0) is 14.7. The van der Waals surface area contributed by atoms with Gasteiger partial charge >= 0.3 is 0 Å². The van der Waals surface area contributed by atoms with Gasteiger partial charge in [-0.2, -0.15) is 5.10 Å². The van der Waals surface area contributed by atoms with Crippen LogP contribution in [0.5, 0.6) is 5.75 Å². The van der Waals surface area contributed by atoms with E-state index in [1.54, 1.807) is 13.3 Å². The van der Waals surface area contributed by atoms with Crippen LogP contribution in [0.15, 0.2) is 33.3 Å². The second kappa shape index (κ2) is 6.74. The Kier molecular flexibility index (Phi) is 5.23. The van der Waals surface area contributed by atoms with Crippen LogP contribution < -0.4 is 10.1 Å². The smallest absolute Gasteiger partial charge is 0.161 e. The van der Waals surface area contributed by atoms with Crippen molar-refractivity contribution >= 4 is 31.9 Å². The second-order valence-electron chi connectivity index (χ2n) is 4.38. The minimum Gasteiger partial charge on any atom is -0.493 e. The van der Waals surface area contributed by atoms with E-state index >= 15 is 0 Å². The van der Waals surface area contributed by atoms with E-state index in [-0.39, 0.29) is 6.04 Å².